The van der Waals surface area contributed by atoms with Crippen LogP contribution < -0.4 is 19.6 Å². The van der Waals surface area contributed by atoms with Crippen LogP contribution in [0.2, 0.25) is 5.02 Å². The summed E-state index contributed by atoms with van der Waals surface area (Å²) >= 11 is 6.02. The second-order valence-corrected chi connectivity index (χ2v) is 8.51. The van der Waals surface area contributed by atoms with Crippen LogP contribution in [0.1, 0.15) is 15.9 Å². The minimum Gasteiger partial charge on any atom is -0.454 e. The van der Waals surface area contributed by atoms with Gasteiger partial charge in [0.15, 0.2) is 11.5 Å². The summed E-state index contributed by atoms with van der Waals surface area (Å²) < 4.78 is 38.3. The van der Waals surface area contributed by atoms with Gasteiger partial charge >= 0.3 is 0 Å². The summed E-state index contributed by atoms with van der Waals surface area (Å²) in [6.07, 6.45) is 1.44. The summed E-state index contributed by atoms with van der Waals surface area (Å²) in [5.41, 5.74) is 3.45. The number of sulfonamides is 1. The monoisotopic (exact) mass is 457 g/mol. The number of nitrogens with zero attached hydrogens (tertiary/aromatic N) is 1. The van der Waals surface area contributed by atoms with Gasteiger partial charge in [0.05, 0.1) is 21.8 Å². The lowest BCUT2D eigenvalue weighted by Crippen LogP contribution is -2.19. The van der Waals surface area contributed by atoms with E-state index in [1.165, 1.54) is 30.5 Å². The molecule has 8 nitrogen and oxygen atoms in total. The third-order valence-electron chi connectivity index (χ3n) is 4.30. The van der Waals surface area contributed by atoms with Crippen LogP contribution in [0.25, 0.3) is 0 Å². The Morgan fingerprint density at radius 2 is 1.81 bits per heavy atom. The van der Waals surface area contributed by atoms with Crippen molar-refractivity contribution >= 4 is 39.4 Å². The van der Waals surface area contributed by atoms with E-state index in [2.05, 4.69) is 15.2 Å². The molecule has 2 N–H and O–H groups in total. The number of para-hydroxylation sites is 1. The van der Waals surface area contributed by atoms with E-state index < -0.39 is 15.9 Å². The molecule has 0 saturated heterocycles. The number of hydrazone groups is 1. The first-order chi connectivity index (χ1) is 14.9. The molecule has 1 heterocycles. The molecule has 1 amide bonds. The molecule has 0 aliphatic carbocycles. The van der Waals surface area contributed by atoms with Gasteiger partial charge in [-0.05, 0) is 54.1 Å². The van der Waals surface area contributed by atoms with Crippen molar-refractivity contribution in [2.75, 3.05) is 11.5 Å². The average molecular weight is 458 g/mol. The average Bonchev–Trinajstić information content (AvgIpc) is 3.23. The Hall–Kier alpha value is -3.56. The van der Waals surface area contributed by atoms with Gasteiger partial charge in [0, 0.05) is 5.56 Å². The normalized spacial score (nSPS) is 12.7. The molecule has 10 heteroatoms. The molecule has 0 fully saturated rings. The summed E-state index contributed by atoms with van der Waals surface area (Å²) in [6.45, 7) is 0.164. The Labute approximate surface area is 183 Å². The second-order valence-electron chi connectivity index (χ2n) is 6.43. The molecule has 1 aliphatic rings. The minimum atomic E-state index is -3.94. The maximum atomic E-state index is 12.7. The van der Waals surface area contributed by atoms with E-state index in [0.717, 1.165) is 0 Å². The smallest absolute Gasteiger partial charge is 0.271 e. The molecular formula is C21H16ClN3O5S. The van der Waals surface area contributed by atoms with E-state index in [1.807, 2.05) is 0 Å². The molecule has 0 spiro atoms. The fourth-order valence-corrected chi connectivity index (χ4v) is 4.14. The highest BCUT2D eigenvalue weighted by Crippen LogP contribution is 2.32. The van der Waals surface area contributed by atoms with Crippen molar-refractivity contribution in [1.82, 2.24) is 5.43 Å². The number of halogens is 1. The molecule has 3 aromatic carbocycles. The fraction of sp³-hybridized carbons (Fsp3) is 0.0476. The fourth-order valence-electron chi connectivity index (χ4n) is 2.78. The molecule has 0 unspecified atom stereocenters. The zero-order valence-electron chi connectivity index (χ0n) is 15.9. The molecule has 0 saturated carbocycles. The maximum absolute atomic E-state index is 12.7. The van der Waals surface area contributed by atoms with Gasteiger partial charge in [-0.1, -0.05) is 29.8 Å². The van der Waals surface area contributed by atoms with Gasteiger partial charge < -0.3 is 9.47 Å². The van der Waals surface area contributed by atoms with E-state index in [-0.39, 0.29) is 28.0 Å². The van der Waals surface area contributed by atoms with Crippen LogP contribution in [-0.2, 0) is 10.0 Å². The van der Waals surface area contributed by atoms with Crippen LogP contribution in [0.15, 0.2) is 76.7 Å². The Morgan fingerprint density at radius 3 is 2.65 bits per heavy atom. The lowest BCUT2D eigenvalue weighted by molar-refractivity contribution is 0.0955. The van der Waals surface area contributed by atoms with Gasteiger partial charge in [-0.15, -0.1) is 0 Å². The Kier molecular flexibility index (Phi) is 5.79. The summed E-state index contributed by atoms with van der Waals surface area (Å²) in [4.78, 5) is 12.3. The minimum absolute atomic E-state index is 0.0835. The largest absolute Gasteiger partial charge is 0.454 e. The van der Waals surface area contributed by atoms with Gasteiger partial charge in [0.25, 0.3) is 15.9 Å². The van der Waals surface area contributed by atoms with Gasteiger partial charge in [-0.25, -0.2) is 13.8 Å². The van der Waals surface area contributed by atoms with Crippen molar-refractivity contribution in [3.8, 4) is 11.5 Å². The topological polar surface area (TPSA) is 106 Å². The highest BCUT2D eigenvalue weighted by Gasteiger charge is 2.18. The Bertz CT molecular complexity index is 1280. The van der Waals surface area contributed by atoms with Crippen molar-refractivity contribution in [2.24, 2.45) is 5.10 Å². The van der Waals surface area contributed by atoms with Crippen LogP contribution in [0.4, 0.5) is 5.69 Å². The number of benzene rings is 3. The zero-order chi connectivity index (χ0) is 21.8. The first-order valence-corrected chi connectivity index (χ1v) is 10.9. The molecular weight excluding hydrogens is 442 g/mol. The third kappa shape index (κ3) is 4.79. The highest BCUT2D eigenvalue weighted by atomic mass is 35.5. The van der Waals surface area contributed by atoms with Crippen molar-refractivity contribution in [2.45, 2.75) is 4.90 Å². The van der Waals surface area contributed by atoms with E-state index in [1.54, 1.807) is 42.5 Å². The number of fused-ring (bicyclic) bond motifs is 1. The first-order valence-electron chi connectivity index (χ1n) is 9.03. The van der Waals surface area contributed by atoms with Crippen molar-refractivity contribution < 1.29 is 22.7 Å². The second kappa shape index (κ2) is 8.66. The summed E-state index contributed by atoms with van der Waals surface area (Å²) in [7, 11) is -3.94. The molecule has 0 radical (unpaired) electrons. The number of anilines is 1. The van der Waals surface area contributed by atoms with Gasteiger partial charge in [0.2, 0.25) is 6.79 Å². The van der Waals surface area contributed by atoms with Crippen molar-refractivity contribution in [3.05, 3.63) is 82.9 Å². The van der Waals surface area contributed by atoms with Crippen LogP contribution in [0, 0.1) is 0 Å². The number of carbonyl (C=O) groups excluding carboxylic acids is 1. The number of rotatable bonds is 6. The number of carbonyl (C=O) groups is 1. The molecule has 0 atom stereocenters. The maximum Gasteiger partial charge on any atom is 0.271 e. The predicted octanol–water partition coefficient (Wildman–Crippen LogP) is 3.63. The quantitative estimate of drug-likeness (QED) is 0.434. The standard InChI is InChI=1S/C21H16ClN3O5S/c22-17-6-1-2-7-18(17)25-31(27,28)16-5-3-4-15(11-16)21(26)24-23-12-14-8-9-19-20(10-14)30-13-29-19/h1-12,25H,13H2,(H,24,26). The molecule has 31 heavy (non-hydrogen) atoms. The Morgan fingerprint density at radius 1 is 1.00 bits per heavy atom. The van der Waals surface area contributed by atoms with Crippen LogP contribution in [-0.4, -0.2) is 27.3 Å². The SMILES string of the molecule is O=C(NN=Cc1ccc2c(c1)OCO2)c1cccc(S(=O)(=O)Nc2ccccc2Cl)c1. The zero-order valence-corrected chi connectivity index (χ0v) is 17.5. The van der Waals surface area contributed by atoms with E-state index in [9.17, 15) is 13.2 Å². The van der Waals surface area contributed by atoms with E-state index >= 15 is 0 Å². The summed E-state index contributed by atoms with van der Waals surface area (Å²) in [5.74, 6) is 0.676. The van der Waals surface area contributed by atoms with Gasteiger partial charge in [-0.2, -0.15) is 5.10 Å². The van der Waals surface area contributed by atoms with Gasteiger partial charge in [-0.3, -0.25) is 9.52 Å². The molecule has 0 aromatic heterocycles. The molecule has 158 valence electrons. The predicted molar refractivity (Wildman–Crippen MR) is 116 cm³/mol. The van der Waals surface area contributed by atoms with Crippen LogP contribution in [0.3, 0.4) is 0 Å². The number of amides is 1. The van der Waals surface area contributed by atoms with E-state index in [4.69, 9.17) is 21.1 Å². The summed E-state index contributed by atoms with van der Waals surface area (Å²) in [5, 5.41) is 4.17. The van der Waals surface area contributed by atoms with Crippen molar-refractivity contribution in [3.63, 3.8) is 0 Å². The van der Waals surface area contributed by atoms with E-state index in [0.29, 0.717) is 17.1 Å². The lowest BCUT2D eigenvalue weighted by atomic mass is 10.2. The number of nitrogens with one attached hydrogen (secondary N) is 2. The van der Waals surface area contributed by atoms with Crippen LogP contribution >= 0.6 is 11.6 Å². The van der Waals surface area contributed by atoms with Crippen molar-refractivity contribution in [1.29, 1.82) is 0 Å². The Balaban J connectivity index is 1.46. The number of hydrogen-bond acceptors (Lipinski definition) is 6. The molecule has 3 aromatic rings. The first kappa shape index (κ1) is 20.7. The molecule has 4 rings (SSSR count). The third-order valence-corrected chi connectivity index (χ3v) is 5.99. The molecule has 1 aliphatic heterocycles. The van der Waals surface area contributed by atoms with Gasteiger partial charge in [0.1, 0.15) is 0 Å². The molecule has 0 bridgehead atoms. The lowest BCUT2D eigenvalue weighted by Gasteiger charge is -2.10. The summed E-state index contributed by atoms with van der Waals surface area (Å²) in [6, 6.07) is 17.3. The highest BCUT2D eigenvalue weighted by molar-refractivity contribution is 7.92. The number of hydrogen-bond donors (Lipinski definition) is 2. The number of ether oxygens (including phenoxy) is 2. The van der Waals surface area contributed by atoms with Crippen LogP contribution in [0.5, 0.6) is 11.5 Å².